The number of fused-ring (bicyclic) bond motifs is 1. The van der Waals surface area contributed by atoms with Crippen molar-refractivity contribution in [2.75, 3.05) is 18.8 Å². The van der Waals surface area contributed by atoms with Crippen molar-refractivity contribution in [3.05, 3.63) is 60.7 Å². The third-order valence-electron chi connectivity index (χ3n) is 5.08. The monoisotopic (exact) mass is 404 g/mol. The lowest BCUT2D eigenvalue weighted by Crippen LogP contribution is -2.29. The second kappa shape index (κ2) is 7.75. The molecule has 0 bridgehead atoms. The molecular weight excluding hydrogens is 384 g/mol. The smallest absolute Gasteiger partial charge is 0.233 e. The summed E-state index contributed by atoms with van der Waals surface area (Å²) >= 11 is 1.42. The van der Waals surface area contributed by atoms with Gasteiger partial charge in [0.25, 0.3) is 0 Å². The van der Waals surface area contributed by atoms with Crippen LogP contribution in [0.1, 0.15) is 12.8 Å². The summed E-state index contributed by atoms with van der Waals surface area (Å²) in [6, 6.07) is 19.8. The van der Waals surface area contributed by atoms with Gasteiger partial charge in [0.1, 0.15) is 5.58 Å². The van der Waals surface area contributed by atoms with E-state index < -0.39 is 0 Å². The molecule has 1 fully saturated rings. The molecule has 5 rings (SSSR count). The van der Waals surface area contributed by atoms with Crippen molar-refractivity contribution in [2.45, 2.75) is 18.0 Å². The van der Waals surface area contributed by atoms with E-state index in [2.05, 4.69) is 10.2 Å². The molecule has 1 aliphatic heterocycles. The molecule has 1 saturated heterocycles. The van der Waals surface area contributed by atoms with Crippen LogP contribution in [0.2, 0.25) is 0 Å². The standard InChI is InChI=1S/C22H20N4O2S/c27-20(25-12-6-7-13-25)15-29-22-24-23-21(26(22)17-9-2-1-3-10-17)19-14-16-8-4-5-11-18(16)28-19/h1-5,8-11,14H,6-7,12-13,15H2. The highest BCUT2D eigenvalue weighted by Crippen LogP contribution is 2.31. The molecule has 2 aromatic carbocycles. The summed E-state index contributed by atoms with van der Waals surface area (Å²) in [6.07, 6.45) is 2.18. The molecule has 0 spiro atoms. The van der Waals surface area contributed by atoms with Crippen LogP contribution in [0.25, 0.3) is 28.2 Å². The molecule has 146 valence electrons. The van der Waals surface area contributed by atoms with Gasteiger partial charge < -0.3 is 9.32 Å². The van der Waals surface area contributed by atoms with Gasteiger partial charge in [-0.2, -0.15) is 0 Å². The normalized spacial score (nSPS) is 14.0. The number of furan rings is 1. The highest BCUT2D eigenvalue weighted by atomic mass is 32.2. The zero-order chi connectivity index (χ0) is 19.6. The Bertz CT molecular complexity index is 1110. The average Bonchev–Trinajstić information content (AvgIpc) is 3.51. The Balaban J connectivity index is 1.51. The van der Waals surface area contributed by atoms with Gasteiger partial charge in [-0.25, -0.2) is 0 Å². The van der Waals surface area contributed by atoms with Crippen LogP contribution in [0.15, 0.2) is 70.2 Å². The molecule has 0 radical (unpaired) electrons. The van der Waals surface area contributed by atoms with Crippen molar-refractivity contribution in [1.82, 2.24) is 19.7 Å². The number of carbonyl (C=O) groups excluding carboxylic acids is 1. The SMILES string of the molecule is O=C(CSc1nnc(-c2cc3ccccc3o2)n1-c1ccccc1)N1CCCC1. The number of para-hydroxylation sites is 2. The molecule has 7 heteroatoms. The molecule has 0 unspecified atom stereocenters. The summed E-state index contributed by atoms with van der Waals surface area (Å²) in [5.41, 5.74) is 1.74. The zero-order valence-electron chi connectivity index (χ0n) is 15.8. The summed E-state index contributed by atoms with van der Waals surface area (Å²) < 4.78 is 7.99. The molecule has 0 saturated carbocycles. The van der Waals surface area contributed by atoms with E-state index in [9.17, 15) is 4.79 Å². The lowest BCUT2D eigenvalue weighted by molar-refractivity contribution is -0.127. The van der Waals surface area contributed by atoms with E-state index in [1.165, 1.54) is 11.8 Å². The van der Waals surface area contributed by atoms with Crippen LogP contribution >= 0.6 is 11.8 Å². The van der Waals surface area contributed by atoms with E-state index in [-0.39, 0.29) is 5.91 Å². The predicted molar refractivity (Wildman–Crippen MR) is 113 cm³/mol. The van der Waals surface area contributed by atoms with Gasteiger partial charge in [-0.05, 0) is 37.1 Å². The average molecular weight is 404 g/mol. The number of likely N-dealkylation sites (tertiary alicyclic amines) is 1. The van der Waals surface area contributed by atoms with Crippen LogP contribution in [0.3, 0.4) is 0 Å². The Hall–Kier alpha value is -3.06. The van der Waals surface area contributed by atoms with Crippen LogP contribution in [0.5, 0.6) is 0 Å². The van der Waals surface area contributed by atoms with E-state index >= 15 is 0 Å². The summed E-state index contributed by atoms with van der Waals surface area (Å²) in [4.78, 5) is 14.4. The van der Waals surface area contributed by atoms with Crippen molar-refractivity contribution < 1.29 is 9.21 Å². The molecular formula is C22H20N4O2S. The predicted octanol–water partition coefficient (Wildman–Crippen LogP) is 4.40. The van der Waals surface area contributed by atoms with Gasteiger partial charge in [0.2, 0.25) is 11.7 Å². The Morgan fingerprint density at radius 1 is 1.00 bits per heavy atom. The molecule has 3 heterocycles. The molecule has 29 heavy (non-hydrogen) atoms. The van der Waals surface area contributed by atoms with Gasteiger partial charge in [-0.3, -0.25) is 9.36 Å². The maximum Gasteiger partial charge on any atom is 0.233 e. The summed E-state index contributed by atoms with van der Waals surface area (Å²) in [6.45, 7) is 1.71. The first-order valence-corrected chi connectivity index (χ1v) is 10.7. The first-order valence-electron chi connectivity index (χ1n) is 9.70. The molecule has 2 aromatic heterocycles. The largest absolute Gasteiger partial charge is 0.453 e. The molecule has 4 aromatic rings. The molecule has 1 amide bonds. The second-order valence-corrected chi connectivity index (χ2v) is 7.94. The van der Waals surface area contributed by atoms with Crippen molar-refractivity contribution in [3.63, 3.8) is 0 Å². The maximum atomic E-state index is 12.5. The van der Waals surface area contributed by atoms with Gasteiger partial charge in [0.15, 0.2) is 10.9 Å². The van der Waals surface area contributed by atoms with Gasteiger partial charge in [0, 0.05) is 24.2 Å². The van der Waals surface area contributed by atoms with Crippen LogP contribution in [-0.2, 0) is 4.79 Å². The van der Waals surface area contributed by atoms with Gasteiger partial charge in [-0.1, -0.05) is 48.2 Å². The molecule has 6 nitrogen and oxygen atoms in total. The minimum Gasteiger partial charge on any atom is -0.453 e. The molecule has 0 N–H and O–H groups in total. The van der Waals surface area contributed by atoms with Crippen LogP contribution in [0, 0.1) is 0 Å². The van der Waals surface area contributed by atoms with Crippen molar-refractivity contribution in [1.29, 1.82) is 0 Å². The number of thioether (sulfide) groups is 1. The third-order valence-corrected chi connectivity index (χ3v) is 5.99. The highest BCUT2D eigenvalue weighted by molar-refractivity contribution is 7.99. The quantitative estimate of drug-likeness (QED) is 0.462. The fourth-order valence-corrected chi connectivity index (χ4v) is 4.46. The van der Waals surface area contributed by atoms with Gasteiger partial charge >= 0.3 is 0 Å². The van der Waals surface area contributed by atoms with Crippen molar-refractivity contribution in [2.24, 2.45) is 0 Å². The number of aromatic nitrogens is 3. The fourth-order valence-electron chi connectivity index (χ4n) is 3.61. The summed E-state index contributed by atoms with van der Waals surface area (Å²) in [7, 11) is 0. The van der Waals surface area contributed by atoms with Gasteiger partial charge in [0.05, 0.1) is 5.75 Å². The number of hydrogen-bond acceptors (Lipinski definition) is 5. The number of hydrogen-bond donors (Lipinski definition) is 0. The van der Waals surface area contributed by atoms with Gasteiger partial charge in [-0.15, -0.1) is 10.2 Å². The Kier molecular flexibility index (Phi) is 4.81. The van der Waals surface area contributed by atoms with E-state index in [0.29, 0.717) is 22.5 Å². The first-order chi connectivity index (χ1) is 14.3. The molecule has 0 atom stereocenters. The van der Waals surface area contributed by atoms with E-state index in [4.69, 9.17) is 4.42 Å². The maximum absolute atomic E-state index is 12.5. The second-order valence-electron chi connectivity index (χ2n) is 7.00. The Labute approximate surface area is 172 Å². The summed E-state index contributed by atoms with van der Waals surface area (Å²) in [5.74, 6) is 1.79. The number of nitrogens with zero attached hydrogens (tertiary/aromatic N) is 4. The zero-order valence-corrected chi connectivity index (χ0v) is 16.6. The molecule has 1 aliphatic rings. The summed E-state index contributed by atoms with van der Waals surface area (Å²) in [5, 5.41) is 10.5. The topological polar surface area (TPSA) is 64.2 Å². The van der Waals surface area contributed by atoms with E-state index in [1.807, 2.05) is 70.1 Å². The number of benzene rings is 2. The number of amides is 1. The minimum absolute atomic E-state index is 0.153. The van der Waals surface area contributed by atoms with Crippen molar-refractivity contribution in [3.8, 4) is 17.3 Å². The van der Waals surface area contributed by atoms with Crippen LogP contribution < -0.4 is 0 Å². The Morgan fingerprint density at radius 3 is 2.55 bits per heavy atom. The minimum atomic E-state index is 0.153. The number of carbonyl (C=O) groups is 1. The number of rotatable bonds is 5. The highest BCUT2D eigenvalue weighted by Gasteiger charge is 2.22. The first kappa shape index (κ1) is 18.0. The van der Waals surface area contributed by atoms with Crippen LogP contribution in [0.4, 0.5) is 0 Å². The van der Waals surface area contributed by atoms with Crippen molar-refractivity contribution >= 4 is 28.6 Å². The van der Waals surface area contributed by atoms with E-state index in [0.717, 1.165) is 42.6 Å². The van der Waals surface area contributed by atoms with E-state index in [1.54, 1.807) is 0 Å². The van der Waals surface area contributed by atoms with Crippen LogP contribution in [-0.4, -0.2) is 44.4 Å². The lowest BCUT2D eigenvalue weighted by atomic mass is 10.2. The Morgan fingerprint density at radius 2 is 1.76 bits per heavy atom. The fraction of sp³-hybridized carbons (Fsp3) is 0.227. The lowest BCUT2D eigenvalue weighted by Gasteiger charge is -2.14. The molecule has 0 aliphatic carbocycles. The third kappa shape index (κ3) is 3.53.